The van der Waals surface area contributed by atoms with Crippen LogP contribution >= 0.6 is 0 Å². The molecule has 4 rings (SSSR count). The Bertz CT molecular complexity index is 647. The highest BCUT2D eigenvalue weighted by molar-refractivity contribution is 5.25. The highest BCUT2D eigenvalue weighted by Gasteiger charge is 2.62. The summed E-state index contributed by atoms with van der Waals surface area (Å²) in [6.45, 7) is 8.85. The van der Waals surface area contributed by atoms with Crippen LogP contribution in [0.1, 0.15) is 91.9 Å². The smallest absolute Gasteiger partial charge is 0.104 e. The number of halogens is 2. The number of aliphatic hydroxyl groups is 1. The first-order valence-electron chi connectivity index (χ1n) is 12.8. The molecule has 0 saturated heterocycles. The van der Waals surface area contributed by atoms with Gasteiger partial charge in [0.05, 0.1) is 12.8 Å². The largest absolute Gasteiger partial charge is 0.393 e. The van der Waals surface area contributed by atoms with Gasteiger partial charge in [0.1, 0.15) is 6.17 Å². The fraction of sp³-hybridized carbons (Fsp3) is 0.926. The summed E-state index contributed by atoms with van der Waals surface area (Å²) in [5.41, 5.74) is 1.83. The monoisotopic (exact) mass is 422 g/mol. The Morgan fingerprint density at radius 3 is 2.63 bits per heavy atom. The van der Waals surface area contributed by atoms with E-state index in [1.807, 2.05) is 6.92 Å². The van der Waals surface area contributed by atoms with Gasteiger partial charge < -0.3 is 5.11 Å². The Morgan fingerprint density at radius 2 is 1.90 bits per heavy atom. The molecule has 0 unspecified atom stereocenters. The molecule has 10 atom stereocenters. The first-order valence-corrected chi connectivity index (χ1v) is 12.8. The lowest BCUT2D eigenvalue weighted by Crippen LogP contribution is -2.51. The maximum absolute atomic E-state index is 15.6. The Morgan fingerprint density at radius 1 is 1.13 bits per heavy atom. The van der Waals surface area contributed by atoms with Gasteiger partial charge in [0.15, 0.2) is 0 Å². The van der Waals surface area contributed by atoms with Crippen molar-refractivity contribution in [1.82, 2.24) is 0 Å². The molecule has 172 valence electrons. The molecule has 3 heteroatoms. The number of fused-ring (bicyclic) bond motifs is 5. The van der Waals surface area contributed by atoms with Crippen LogP contribution in [0.3, 0.4) is 0 Å². The molecule has 3 fully saturated rings. The molecule has 0 radical (unpaired) electrons. The number of allylic oxidation sites excluding steroid dienone is 1. The van der Waals surface area contributed by atoms with Crippen LogP contribution in [0.5, 0.6) is 0 Å². The van der Waals surface area contributed by atoms with Gasteiger partial charge in [-0.3, -0.25) is 4.39 Å². The van der Waals surface area contributed by atoms with Crippen molar-refractivity contribution in [2.75, 3.05) is 6.67 Å². The van der Waals surface area contributed by atoms with Crippen molar-refractivity contribution in [3.05, 3.63) is 11.6 Å². The van der Waals surface area contributed by atoms with E-state index in [2.05, 4.69) is 26.8 Å². The van der Waals surface area contributed by atoms with Crippen molar-refractivity contribution in [2.24, 2.45) is 46.3 Å². The maximum atomic E-state index is 15.6. The van der Waals surface area contributed by atoms with Gasteiger partial charge in [0, 0.05) is 0 Å². The molecule has 0 bridgehead atoms. The van der Waals surface area contributed by atoms with E-state index in [1.54, 1.807) is 0 Å². The number of aliphatic hydroxyl groups excluding tert-OH is 1. The van der Waals surface area contributed by atoms with Gasteiger partial charge in [-0.1, -0.05) is 52.2 Å². The second kappa shape index (κ2) is 8.49. The van der Waals surface area contributed by atoms with E-state index in [9.17, 15) is 9.50 Å². The quantitative estimate of drug-likeness (QED) is 0.446. The molecule has 0 aromatic heterocycles. The highest BCUT2D eigenvalue weighted by atomic mass is 19.1. The zero-order valence-electron chi connectivity index (χ0n) is 19.7. The van der Waals surface area contributed by atoms with Crippen LogP contribution in [0.4, 0.5) is 8.78 Å². The van der Waals surface area contributed by atoms with E-state index in [0.29, 0.717) is 23.7 Å². The van der Waals surface area contributed by atoms with Crippen LogP contribution in [0.15, 0.2) is 11.6 Å². The topological polar surface area (TPSA) is 20.2 Å². The minimum Gasteiger partial charge on any atom is -0.393 e. The third kappa shape index (κ3) is 3.69. The summed E-state index contributed by atoms with van der Waals surface area (Å²) in [5, 5.41) is 10.2. The summed E-state index contributed by atoms with van der Waals surface area (Å²) in [4.78, 5) is 0. The van der Waals surface area contributed by atoms with Crippen LogP contribution in [0.2, 0.25) is 0 Å². The molecule has 4 aliphatic carbocycles. The van der Waals surface area contributed by atoms with E-state index >= 15 is 4.39 Å². The summed E-state index contributed by atoms with van der Waals surface area (Å²) >= 11 is 0. The first kappa shape index (κ1) is 22.7. The summed E-state index contributed by atoms with van der Waals surface area (Å²) in [6, 6.07) is 0. The summed E-state index contributed by atoms with van der Waals surface area (Å²) in [5.74, 6) is 2.44. The SMILES string of the molecule is C[C@@H](CF)CCC[C@@H](C)[C@H]1[C@H](F)C[C@H]2[C@@H]3CC=C4C[C@@H](O)CC[C@]4(C)[C@H]3CC[C@]12C. The van der Waals surface area contributed by atoms with Crippen molar-refractivity contribution < 1.29 is 13.9 Å². The van der Waals surface area contributed by atoms with Gasteiger partial charge in [0.25, 0.3) is 0 Å². The Labute approximate surface area is 183 Å². The highest BCUT2D eigenvalue weighted by Crippen LogP contribution is 2.67. The normalized spacial score (nSPS) is 47.6. The predicted molar refractivity (Wildman–Crippen MR) is 120 cm³/mol. The summed E-state index contributed by atoms with van der Waals surface area (Å²) in [7, 11) is 0. The van der Waals surface area contributed by atoms with E-state index in [-0.39, 0.29) is 35.4 Å². The second-order valence-corrected chi connectivity index (χ2v) is 12.1. The van der Waals surface area contributed by atoms with Gasteiger partial charge in [-0.15, -0.1) is 0 Å². The zero-order chi connectivity index (χ0) is 21.7. The first-order chi connectivity index (χ1) is 14.2. The Kier molecular flexibility index (Phi) is 6.43. The average Bonchev–Trinajstić information content (AvgIpc) is 2.98. The summed E-state index contributed by atoms with van der Waals surface area (Å²) < 4.78 is 28.4. The predicted octanol–water partition coefficient (Wildman–Crippen LogP) is 7.29. The van der Waals surface area contributed by atoms with Gasteiger partial charge in [-0.2, -0.15) is 0 Å². The molecule has 0 aromatic carbocycles. The molecular weight excluding hydrogens is 378 g/mol. The maximum Gasteiger partial charge on any atom is 0.104 e. The minimum atomic E-state index is -0.682. The molecule has 4 aliphatic rings. The zero-order valence-corrected chi connectivity index (χ0v) is 19.7. The van der Waals surface area contributed by atoms with Crippen LogP contribution in [0.25, 0.3) is 0 Å². The van der Waals surface area contributed by atoms with Crippen LogP contribution in [0, 0.1) is 46.3 Å². The number of rotatable bonds is 6. The van der Waals surface area contributed by atoms with Gasteiger partial charge in [-0.05, 0) is 97.7 Å². The standard InChI is InChI=1S/C27H44F2O/c1-17(16-28)6-5-7-18(2)25-24(29)15-23-21-9-8-19-14-20(30)10-12-26(19,3)22(21)11-13-27(23,25)4/h8,17-18,20-25,30H,5-7,9-16H2,1-4H3/t17-,18-,20+,21-,22+,23+,24-,25+,26+,27+/m1/s1. The molecule has 0 aliphatic heterocycles. The van der Waals surface area contributed by atoms with Gasteiger partial charge in [0.2, 0.25) is 0 Å². The van der Waals surface area contributed by atoms with Crippen molar-refractivity contribution in [3.63, 3.8) is 0 Å². The number of alkyl halides is 2. The fourth-order valence-corrected chi connectivity index (χ4v) is 8.70. The minimum absolute atomic E-state index is 0.113. The lowest BCUT2D eigenvalue weighted by Gasteiger charge is -2.58. The molecule has 30 heavy (non-hydrogen) atoms. The van der Waals surface area contributed by atoms with Gasteiger partial charge in [-0.25, -0.2) is 4.39 Å². The van der Waals surface area contributed by atoms with E-state index in [0.717, 1.165) is 57.8 Å². The molecular formula is C27H44F2O. The van der Waals surface area contributed by atoms with Crippen LogP contribution in [-0.2, 0) is 0 Å². The van der Waals surface area contributed by atoms with Crippen molar-refractivity contribution in [2.45, 2.75) is 104 Å². The third-order valence-electron chi connectivity index (χ3n) is 10.4. The van der Waals surface area contributed by atoms with Crippen molar-refractivity contribution >= 4 is 0 Å². The molecule has 0 heterocycles. The molecule has 1 N–H and O–H groups in total. The van der Waals surface area contributed by atoms with Crippen molar-refractivity contribution in [1.29, 1.82) is 0 Å². The fourth-order valence-electron chi connectivity index (χ4n) is 8.70. The van der Waals surface area contributed by atoms with E-state index < -0.39 is 6.17 Å². The average molecular weight is 423 g/mol. The lowest BCUT2D eigenvalue weighted by molar-refractivity contribution is -0.0595. The Balaban J connectivity index is 1.50. The molecule has 1 nitrogen and oxygen atoms in total. The van der Waals surface area contributed by atoms with Crippen LogP contribution in [-0.4, -0.2) is 24.1 Å². The molecule has 0 amide bonds. The third-order valence-corrected chi connectivity index (χ3v) is 10.4. The summed E-state index contributed by atoms with van der Waals surface area (Å²) in [6.07, 6.45) is 11.6. The van der Waals surface area contributed by atoms with Crippen molar-refractivity contribution in [3.8, 4) is 0 Å². The number of hydrogen-bond donors (Lipinski definition) is 1. The Hall–Kier alpha value is -0.440. The molecule has 0 aromatic rings. The van der Waals surface area contributed by atoms with E-state index in [1.165, 1.54) is 12.0 Å². The van der Waals surface area contributed by atoms with Crippen LogP contribution < -0.4 is 0 Å². The molecule has 3 saturated carbocycles. The number of hydrogen-bond acceptors (Lipinski definition) is 1. The lowest BCUT2D eigenvalue weighted by atomic mass is 9.47. The van der Waals surface area contributed by atoms with E-state index in [4.69, 9.17) is 0 Å². The molecule has 0 spiro atoms. The second-order valence-electron chi connectivity index (χ2n) is 12.1. The van der Waals surface area contributed by atoms with Gasteiger partial charge >= 0.3 is 0 Å².